The summed E-state index contributed by atoms with van der Waals surface area (Å²) in [6.45, 7) is 3.27. The van der Waals surface area contributed by atoms with Crippen molar-refractivity contribution in [3.8, 4) is 11.4 Å². The summed E-state index contributed by atoms with van der Waals surface area (Å²) in [4.78, 5) is 12.5. The van der Waals surface area contributed by atoms with Crippen molar-refractivity contribution in [3.63, 3.8) is 0 Å². The highest BCUT2D eigenvalue weighted by molar-refractivity contribution is 7.99. The van der Waals surface area contributed by atoms with Crippen molar-refractivity contribution in [2.75, 3.05) is 19.5 Å². The van der Waals surface area contributed by atoms with Gasteiger partial charge in [-0.05, 0) is 31.0 Å². The molecule has 0 saturated carbocycles. The summed E-state index contributed by atoms with van der Waals surface area (Å²) in [5.74, 6) is 0.890. The van der Waals surface area contributed by atoms with Crippen molar-refractivity contribution >= 4 is 29.3 Å². The minimum absolute atomic E-state index is 0.0536. The Morgan fingerprint density at radius 2 is 1.90 bits per heavy atom. The maximum Gasteiger partial charge on any atom is 0.230 e. The van der Waals surface area contributed by atoms with Gasteiger partial charge in [0, 0.05) is 25.8 Å². The first-order chi connectivity index (χ1) is 14.6. The summed E-state index contributed by atoms with van der Waals surface area (Å²) in [6.07, 6.45) is 0.802. The average molecular weight is 445 g/mol. The van der Waals surface area contributed by atoms with E-state index < -0.39 is 0 Å². The SMILES string of the molecule is COCCCn1c(SCC(=O)NC(C)c2ccccc2)nnc1-c1ccccc1Cl. The van der Waals surface area contributed by atoms with Crippen LogP contribution in [0.15, 0.2) is 59.8 Å². The second-order valence-electron chi connectivity index (χ2n) is 6.77. The zero-order valence-electron chi connectivity index (χ0n) is 17.0. The smallest absolute Gasteiger partial charge is 0.230 e. The number of carbonyl (C=O) groups excluding carboxylic acids is 1. The summed E-state index contributed by atoms with van der Waals surface area (Å²) in [7, 11) is 1.68. The highest BCUT2D eigenvalue weighted by atomic mass is 35.5. The quantitative estimate of drug-likeness (QED) is 0.365. The number of nitrogens with zero attached hydrogens (tertiary/aromatic N) is 3. The Morgan fingerprint density at radius 3 is 2.63 bits per heavy atom. The number of carbonyl (C=O) groups is 1. The molecule has 0 fully saturated rings. The number of hydrogen-bond acceptors (Lipinski definition) is 5. The fraction of sp³-hybridized carbons (Fsp3) is 0.318. The molecule has 158 valence electrons. The van der Waals surface area contributed by atoms with E-state index in [2.05, 4.69) is 15.5 Å². The average Bonchev–Trinajstić information content (AvgIpc) is 3.16. The van der Waals surface area contributed by atoms with Crippen LogP contribution < -0.4 is 5.32 Å². The molecule has 6 nitrogen and oxygen atoms in total. The predicted molar refractivity (Wildman–Crippen MR) is 121 cm³/mol. The number of ether oxygens (including phenoxy) is 1. The van der Waals surface area contributed by atoms with Crippen LogP contribution in [0.4, 0.5) is 0 Å². The van der Waals surface area contributed by atoms with E-state index in [1.54, 1.807) is 7.11 Å². The van der Waals surface area contributed by atoms with Gasteiger partial charge in [0.2, 0.25) is 5.91 Å². The van der Waals surface area contributed by atoms with E-state index in [-0.39, 0.29) is 17.7 Å². The van der Waals surface area contributed by atoms with E-state index in [0.29, 0.717) is 29.2 Å². The second kappa shape index (κ2) is 11.2. The van der Waals surface area contributed by atoms with Gasteiger partial charge in [-0.2, -0.15) is 0 Å². The van der Waals surface area contributed by atoms with E-state index in [1.807, 2.05) is 66.1 Å². The van der Waals surface area contributed by atoms with Crippen LogP contribution in [0.3, 0.4) is 0 Å². The van der Waals surface area contributed by atoms with E-state index >= 15 is 0 Å². The lowest BCUT2D eigenvalue weighted by molar-refractivity contribution is -0.119. The van der Waals surface area contributed by atoms with Gasteiger partial charge in [0.1, 0.15) is 0 Å². The topological polar surface area (TPSA) is 69.0 Å². The van der Waals surface area contributed by atoms with Crippen LogP contribution in [0, 0.1) is 0 Å². The molecule has 0 radical (unpaired) electrons. The van der Waals surface area contributed by atoms with Crippen molar-refractivity contribution in [2.24, 2.45) is 0 Å². The second-order valence-corrected chi connectivity index (χ2v) is 8.12. The molecule has 8 heteroatoms. The molecule has 1 heterocycles. The van der Waals surface area contributed by atoms with Gasteiger partial charge in [0.05, 0.1) is 16.8 Å². The number of aromatic nitrogens is 3. The lowest BCUT2D eigenvalue weighted by Crippen LogP contribution is -2.28. The summed E-state index contributed by atoms with van der Waals surface area (Å²) in [5, 5.41) is 13.0. The van der Waals surface area contributed by atoms with Gasteiger partial charge in [-0.15, -0.1) is 10.2 Å². The van der Waals surface area contributed by atoms with E-state index in [0.717, 1.165) is 17.5 Å². The number of amides is 1. The Morgan fingerprint density at radius 1 is 1.17 bits per heavy atom. The third kappa shape index (κ3) is 5.84. The van der Waals surface area contributed by atoms with Crippen LogP contribution in [0.25, 0.3) is 11.4 Å². The van der Waals surface area contributed by atoms with Crippen molar-refractivity contribution in [1.82, 2.24) is 20.1 Å². The van der Waals surface area contributed by atoms with Gasteiger partial charge >= 0.3 is 0 Å². The summed E-state index contributed by atoms with van der Waals surface area (Å²) >= 11 is 7.73. The zero-order valence-corrected chi connectivity index (χ0v) is 18.6. The number of rotatable bonds is 10. The molecule has 0 aliphatic rings. The van der Waals surface area contributed by atoms with Gasteiger partial charge in [-0.3, -0.25) is 4.79 Å². The largest absolute Gasteiger partial charge is 0.385 e. The molecule has 1 unspecified atom stereocenters. The number of benzene rings is 2. The first kappa shape index (κ1) is 22.3. The number of methoxy groups -OCH3 is 1. The molecule has 30 heavy (non-hydrogen) atoms. The highest BCUT2D eigenvalue weighted by Gasteiger charge is 2.18. The van der Waals surface area contributed by atoms with Gasteiger partial charge in [0.25, 0.3) is 0 Å². The number of hydrogen-bond donors (Lipinski definition) is 1. The van der Waals surface area contributed by atoms with E-state index in [4.69, 9.17) is 16.3 Å². The third-order valence-corrected chi connectivity index (χ3v) is 5.87. The van der Waals surface area contributed by atoms with Crippen LogP contribution in [0.2, 0.25) is 5.02 Å². The summed E-state index contributed by atoms with van der Waals surface area (Å²) in [5.41, 5.74) is 1.89. The zero-order chi connectivity index (χ0) is 21.3. The van der Waals surface area contributed by atoms with Gasteiger partial charge < -0.3 is 14.6 Å². The third-order valence-electron chi connectivity index (χ3n) is 4.57. The minimum atomic E-state index is -0.0578. The van der Waals surface area contributed by atoms with Crippen molar-refractivity contribution < 1.29 is 9.53 Å². The number of thioether (sulfide) groups is 1. The molecule has 1 amide bonds. The Bertz CT molecular complexity index is 965. The van der Waals surface area contributed by atoms with Crippen molar-refractivity contribution in [3.05, 3.63) is 65.2 Å². The Hall–Kier alpha value is -2.35. The van der Waals surface area contributed by atoms with Gasteiger partial charge in [-0.1, -0.05) is 65.8 Å². The van der Waals surface area contributed by atoms with Crippen LogP contribution >= 0.6 is 23.4 Å². The maximum atomic E-state index is 12.5. The Kier molecular flexibility index (Phi) is 8.30. The fourth-order valence-electron chi connectivity index (χ4n) is 3.04. The van der Waals surface area contributed by atoms with Crippen LogP contribution in [-0.2, 0) is 16.1 Å². The van der Waals surface area contributed by atoms with Crippen LogP contribution in [0.5, 0.6) is 0 Å². The molecule has 1 atom stereocenters. The summed E-state index contributed by atoms with van der Waals surface area (Å²) < 4.78 is 7.18. The maximum absolute atomic E-state index is 12.5. The van der Waals surface area contributed by atoms with Gasteiger partial charge in [-0.25, -0.2) is 0 Å². The first-order valence-corrected chi connectivity index (χ1v) is 11.1. The molecule has 3 rings (SSSR count). The lowest BCUT2D eigenvalue weighted by Gasteiger charge is -2.14. The number of halogens is 1. The molecule has 1 aromatic heterocycles. The standard InChI is InChI=1S/C22H25ClN4O2S/c1-16(17-9-4-3-5-10-17)24-20(28)15-30-22-26-25-21(27(22)13-8-14-29-2)18-11-6-7-12-19(18)23/h3-7,9-12,16H,8,13-15H2,1-2H3,(H,24,28). The van der Waals surface area contributed by atoms with Crippen molar-refractivity contribution in [2.45, 2.75) is 31.1 Å². The molecule has 0 aliphatic carbocycles. The molecule has 0 aliphatic heterocycles. The predicted octanol–water partition coefficient (Wildman–Crippen LogP) is 4.60. The molecule has 3 aromatic rings. The molecule has 0 saturated heterocycles. The molecule has 0 spiro atoms. The van der Waals surface area contributed by atoms with Crippen LogP contribution in [-0.4, -0.2) is 40.1 Å². The minimum Gasteiger partial charge on any atom is -0.385 e. The molecular weight excluding hydrogens is 420 g/mol. The van der Waals surface area contributed by atoms with E-state index in [9.17, 15) is 4.79 Å². The summed E-state index contributed by atoms with van der Waals surface area (Å²) in [6, 6.07) is 17.4. The van der Waals surface area contributed by atoms with Gasteiger partial charge in [0.15, 0.2) is 11.0 Å². The normalized spacial score (nSPS) is 12.0. The molecule has 2 aromatic carbocycles. The fourth-order valence-corrected chi connectivity index (χ4v) is 4.04. The monoisotopic (exact) mass is 444 g/mol. The van der Waals surface area contributed by atoms with Crippen LogP contribution in [0.1, 0.15) is 24.9 Å². The number of nitrogens with one attached hydrogen (secondary N) is 1. The Labute approximate surface area is 186 Å². The highest BCUT2D eigenvalue weighted by Crippen LogP contribution is 2.29. The molecular formula is C22H25ClN4O2S. The first-order valence-electron chi connectivity index (χ1n) is 9.74. The molecule has 0 bridgehead atoms. The molecule has 1 N–H and O–H groups in total. The Balaban J connectivity index is 1.70. The lowest BCUT2D eigenvalue weighted by atomic mass is 10.1. The van der Waals surface area contributed by atoms with E-state index in [1.165, 1.54) is 11.8 Å². The van der Waals surface area contributed by atoms with Crippen molar-refractivity contribution in [1.29, 1.82) is 0 Å².